The van der Waals surface area contributed by atoms with E-state index in [4.69, 9.17) is 0 Å². The van der Waals surface area contributed by atoms with Crippen molar-refractivity contribution < 1.29 is 24.2 Å². The first-order chi connectivity index (χ1) is 12.3. The van der Waals surface area contributed by atoms with E-state index in [9.17, 15) is 19.5 Å². The van der Waals surface area contributed by atoms with Crippen LogP contribution in [0, 0.1) is 5.41 Å². The number of imidazole rings is 1. The molecule has 27 heavy (non-hydrogen) atoms. The number of ether oxygens (including phenoxy) is 1. The van der Waals surface area contributed by atoms with Crippen molar-refractivity contribution in [3.8, 4) is 0 Å². The third-order valence-corrected chi connectivity index (χ3v) is 4.16. The maximum atomic E-state index is 12.3. The lowest BCUT2D eigenvalue weighted by atomic mass is 9.88. The molecule has 0 saturated carbocycles. The molecule has 9 heteroatoms. The van der Waals surface area contributed by atoms with Gasteiger partial charge in [0.25, 0.3) is 0 Å². The summed E-state index contributed by atoms with van der Waals surface area (Å²) in [5.74, 6) is -1.15. The number of anilines is 1. The van der Waals surface area contributed by atoms with Gasteiger partial charge in [0.15, 0.2) is 5.82 Å². The molecule has 0 bridgehead atoms. The Balaban J connectivity index is 2.71. The molecule has 0 fully saturated rings. The van der Waals surface area contributed by atoms with Gasteiger partial charge in [-0.2, -0.15) is 0 Å². The lowest BCUT2D eigenvalue weighted by molar-refractivity contribution is -0.142. The van der Waals surface area contributed by atoms with E-state index in [2.05, 4.69) is 20.4 Å². The lowest BCUT2D eigenvalue weighted by Gasteiger charge is -2.26. The van der Waals surface area contributed by atoms with E-state index in [-0.39, 0.29) is 18.2 Å². The van der Waals surface area contributed by atoms with Gasteiger partial charge in [-0.15, -0.1) is 0 Å². The Bertz CT molecular complexity index is 690. The van der Waals surface area contributed by atoms with Crippen molar-refractivity contribution in [2.45, 2.75) is 65.6 Å². The van der Waals surface area contributed by atoms with Gasteiger partial charge in [0.1, 0.15) is 12.1 Å². The fourth-order valence-electron chi connectivity index (χ4n) is 2.22. The number of rotatable bonds is 7. The minimum Gasteiger partial charge on any atom is -0.469 e. The van der Waals surface area contributed by atoms with E-state index in [1.54, 1.807) is 31.5 Å². The molecule has 0 spiro atoms. The predicted molar refractivity (Wildman–Crippen MR) is 99.9 cm³/mol. The molecule has 152 valence electrons. The van der Waals surface area contributed by atoms with Crippen LogP contribution in [0.15, 0.2) is 12.5 Å². The number of nitrogens with zero attached hydrogens (tertiary/aromatic N) is 2. The van der Waals surface area contributed by atoms with Crippen molar-refractivity contribution in [2.75, 3.05) is 12.4 Å². The summed E-state index contributed by atoms with van der Waals surface area (Å²) in [7, 11) is 1.32. The third-order valence-electron chi connectivity index (χ3n) is 4.16. The number of amides is 2. The van der Waals surface area contributed by atoms with Crippen molar-refractivity contribution in [3.63, 3.8) is 0 Å². The minimum atomic E-state index is -1.23. The smallest absolute Gasteiger partial charge is 0.307 e. The monoisotopic (exact) mass is 382 g/mol. The zero-order valence-electron chi connectivity index (χ0n) is 17.0. The molecule has 3 N–H and O–H groups in total. The summed E-state index contributed by atoms with van der Waals surface area (Å²) in [5.41, 5.74) is -1.22. The van der Waals surface area contributed by atoms with Gasteiger partial charge >= 0.3 is 5.97 Å². The van der Waals surface area contributed by atoms with Gasteiger partial charge in [0, 0.05) is 6.20 Å². The number of aliphatic hydroxyl groups excluding tert-OH is 1. The zero-order chi connectivity index (χ0) is 21.0. The summed E-state index contributed by atoms with van der Waals surface area (Å²) in [4.78, 5) is 39.9. The number of nitrogens with one attached hydrogen (secondary N) is 2. The standard InChI is InChI=1S/C18H30N4O5/c1-11(20-16(26)14(24)17(2,3)4)15(25)21-12-9-22(10-19-12)18(5,6)8-13(23)27-7/h9-11,14,24H,8H2,1-7H3,(H,20,26)(H,21,25). The molecule has 1 rings (SSSR count). The number of methoxy groups -OCH3 is 1. The molecular weight excluding hydrogens is 352 g/mol. The minimum absolute atomic E-state index is 0.143. The van der Waals surface area contributed by atoms with Crippen molar-refractivity contribution in [1.29, 1.82) is 0 Å². The van der Waals surface area contributed by atoms with Crippen molar-refractivity contribution in [3.05, 3.63) is 12.5 Å². The second-order valence-electron chi connectivity index (χ2n) is 8.22. The van der Waals surface area contributed by atoms with E-state index >= 15 is 0 Å². The van der Waals surface area contributed by atoms with Crippen LogP contribution in [0.25, 0.3) is 0 Å². The van der Waals surface area contributed by atoms with Crippen LogP contribution in [-0.4, -0.2) is 51.7 Å². The molecule has 0 aliphatic rings. The van der Waals surface area contributed by atoms with Gasteiger partial charge in [-0.25, -0.2) is 4.98 Å². The first kappa shape index (κ1) is 22.6. The van der Waals surface area contributed by atoms with Gasteiger partial charge in [-0.1, -0.05) is 20.8 Å². The fraction of sp³-hybridized carbons (Fsp3) is 0.667. The van der Waals surface area contributed by atoms with Crippen LogP contribution in [0.4, 0.5) is 5.82 Å². The number of carbonyl (C=O) groups excluding carboxylic acids is 3. The Hall–Kier alpha value is -2.42. The summed E-state index contributed by atoms with van der Waals surface area (Å²) in [5, 5.41) is 15.0. The third kappa shape index (κ3) is 6.35. The quantitative estimate of drug-likeness (QED) is 0.606. The Morgan fingerprint density at radius 1 is 1.22 bits per heavy atom. The van der Waals surface area contributed by atoms with E-state index in [1.807, 2.05) is 13.8 Å². The summed E-state index contributed by atoms with van der Waals surface area (Å²) >= 11 is 0. The predicted octanol–water partition coefficient (Wildman–Crippen LogP) is 1.03. The van der Waals surface area contributed by atoms with E-state index < -0.39 is 34.9 Å². The normalized spacial score (nSPS) is 14.2. The number of hydrogen-bond acceptors (Lipinski definition) is 6. The van der Waals surface area contributed by atoms with Gasteiger partial charge in [0.05, 0.1) is 25.4 Å². The summed E-state index contributed by atoms with van der Waals surface area (Å²) in [6.45, 7) is 10.4. The second-order valence-corrected chi connectivity index (χ2v) is 8.22. The average molecular weight is 382 g/mol. The molecule has 2 unspecified atom stereocenters. The molecular formula is C18H30N4O5. The van der Waals surface area contributed by atoms with Crippen LogP contribution in [0.1, 0.15) is 48.0 Å². The maximum Gasteiger partial charge on any atom is 0.307 e. The summed E-state index contributed by atoms with van der Waals surface area (Å²) in [6.07, 6.45) is 2.01. The van der Waals surface area contributed by atoms with Crippen LogP contribution < -0.4 is 10.6 Å². The van der Waals surface area contributed by atoms with E-state index in [1.165, 1.54) is 20.4 Å². The Kier molecular flexibility index (Phi) is 7.13. The molecule has 9 nitrogen and oxygen atoms in total. The first-order valence-electron chi connectivity index (χ1n) is 8.68. The molecule has 0 aromatic carbocycles. The number of aromatic nitrogens is 2. The highest BCUT2D eigenvalue weighted by Crippen LogP contribution is 2.22. The lowest BCUT2D eigenvalue weighted by Crippen LogP contribution is -2.49. The van der Waals surface area contributed by atoms with Gasteiger partial charge in [-0.05, 0) is 26.2 Å². The Labute approximate surface area is 159 Å². The zero-order valence-corrected chi connectivity index (χ0v) is 17.0. The van der Waals surface area contributed by atoms with Gasteiger partial charge in [-0.3, -0.25) is 14.4 Å². The van der Waals surface area contributed by atoms with Crippen molar-refractivity contribution in [2.24, 2.45) is 5.41 Å². The fourth-order valence-corrected chi connectivity index (χ4v) is 2.22. The Morgan fingerprint density at radius 3 is 2.33 bits per heavy atom. The molecule has 0 saturated heterocycles. The number of hydrogen-bond donors (Lipinski definition) is 3. The van der Waals surface area contributed by atoms with Gasteiger partial charge < -0.3 is 25.0 Å². The number of esters is 1. The molecule has 1 heterocycles. The molecule has 0 radical (unpaired) electrons. The summed E-state index contributed by atoms with van der Waals surface area (Å²) < 4.78 is 6.39. The molecule has 1 aromatic heterocycles. The summed E-state index contributed by atoms with van der Waals surface area (Å²) in [6, 6.07) is -0.859. The second kappa shape index (κ2) is 8.51. The molecule has 2 amide bonds. The number of aliphatic hydroxyl groups is 1. The van der Waals surface area contributed by atoms with Crippen molar-refractivity contribution >= 4 is 23.6 Å². The van der Waals surface area contributed by atoms with Crippen LogP contribution in [0.3, 0.4) is 0 Å². The first-order valence-corrected chi connectivity index (χ1v) is 8.68. The SMILES string of the molecule is COC(=O)CC(C)(C)n1cnc(NC(=O)C(C)NC(=O)C(O)C(C)(C)C)c1. The van der Waals surface area contributed by atoms with E-state index in [0.717, 1.165) is 0 Å². The van der Waals surface area contributed by atoms with Crippen LogP contribution in [-0.2, 0) is 24.7 Å². The molecule has 0 aliphatic heterocycles. The topological polar surface area (TPSA) is 123 Å². The maximum absolute atomic E-state index is 12.3. The highest BCUT2D eigenvalue weighted by Gasteiger charge is 2.31. The Morgan fingerprint density at radius 2 is 1.81 bits per heavy atom. The highest BCUT2D eigenvalue weighted by molar-refractivity contribution is 5.96. The average Bonchev–Trinajstić information content (AvgIpc) is 3.01. The molecule has 0 aliphatic carbocycles. The largest absolute Gasteiger partial charge is 0.469 e. The molecule has 1 aromatic rings. The highest BCUT2D eigenvalue weighted by atomic mass is 16.5. The van der Waals surface area contributed by atoms with Crippen LogP contribution in [0.5, 0.6) is 0 Å². The number of carbonyl (C=O) groups is 3. The van der Waals surface area contributed by atoms with Crippen LogP contribution in [0.2, 0.25) is 0 Å². The van der Waals surface area contributed by atoms with Crippen molar-refractivity contribution in [1.82, 2.24) is 14.9 Å². The van der Waals surface area contributed by atoms with Gasteiger partial charge in [0.2, 0.25) is 11.8 Å². The molecule has 2 atom stereocenters. The van der Waals surface area contributed by atoms with E-state index in [0.29, 0.717) is 0 Å². The van der Waals surface area contributed by atoms with Crippen LogP contribution >= 0.6 is 0 Å².